The van der Waals surface area contributed by atoms with Gasteiger partial charge in [-0.1, -0.05) is 18.6 Å². The minimum absolute atomic E-state index is 0.197. The number of ether oxygens (including phenoxy) is 1. The van der Waals surface area contributed by atoms with Crippen molar-refractivity contribution in [2.75, 3.05) is 13.2 Å². The van der Waals surface area contributed by atoms with Gasteiger partial charge in [0.05, 0.1) is 5.56 Å². The van der Waals surface area contributed by atoms with Crippen molar-refractivity contribution in [1.82, 2.24) is 5.32 Å². The van der Waals surface area contributed by atoms with Crippen LogP contribution in [0, 0.1) is 17.2 Å². The van der Waals surface area contributed by atoms with Gasteiger partial charge in [0.15, 0.2) is 0 Å². The number of benzene rings is 1. The highest BCUT2D eigenvalue weighted by molar-refractivity contribution is 5.42. The lowest BCUT2D eigenvalue weighted by atomic mass is 9.80. The molecule has 1 aromatic rings. The first kappa shape index (κ1) is 14.8. The molecule has 0 saturated heterocycles. The van der Waals surface area contributed by atoms with Crippen molar-refractivity contribution in [2.24, 2.45) is 5.92 Å². The SMILES string of the molecule is CC(NCC(O)COc1ccccc1C#N)C1CCC1. The summed E-state index contributed by atoms with van der Waals surface area (Å²) >= 11 is 0. The molecule has 1 fully saturated rings. The van der Waals surface area contributed by atoms with Crippen molar-refractivity contribution in [1.29, 1.82) is 5.26 Å². The van der Waals surface area contributed by atoms with E-state index in [9.17, 15) is 5.11 Å². The number of rotatable bonds is 7. The number of nitriles is 1. The van der Waals surface area contributed by atoms with Gasteiger partial charge >= 0.3 is 0 Å². The molecular formula is C16H22N2O2. The maximum atomic E-state index is 9.93. The Balaban J connectivity index is 1.71. The van der Waals surface area contributed by atoms with Crippen LogP contribution in [0.2, 0.25) is 0 Å². The Hall–Kier alpha value is -1.57. The Labute approximate surface area is 120 Å². The second-order valence-electron chi connectivity index (χ2n) is 5.46. The summed E-state index contributed by atoms with van der Waals surface area (Å²) in [6.07, 6.45) is 3.34. The van der Waals surface area contributed by atoms with Crippen LogP contribution in [0.5, 0.6) is 5.75 Å². The number of nitrogens with one attached hydrogen (secondary N) is 1. The van der Waals surface area contributed by atoms with Gasteiger partial charge in [-0.2, -0.15) is 5.26 Å². The Bertz CT molecular complexity index is 466. The van der Waals surface area contributed by atoms with Gasteiger partial charge in [0, 0.05) is 12.6 Å². The van der Waals surface area contributed by atoms with E-state index in [1.165, 1.54) is 19.3 Å². The molecule has 1 saturated carbocycles. The average molecular weight is 274 g/mol. The topological polar surface area (TPSA) is 65.3 Å². The minimum atomic E-state index is -0.565. The normalized spacial score (nSPS) is 17.9. The summed E-state index contributed by atoms with van der Waals surface area (Å²) in [7, 11) is 0. The average Bonchev–Trinajstić information content (AvgIpc) is 2.41. The lowest BCUT2D eigenvalue weighted by Gasteiger charge is -2.32. The summed E-state index contributed by atoms with van der Waals surface area (Å²) in [5.74, 6) is 1.28. The monoisotopic (exact) mass is 274 g/mol. The van der Waals surface area contributed by atoms with Crippen molar-refractivity contribution >= 4 is 0 Å². The zero-order valence-corrected chi connectivity index (χ0v) is 11.9. The quantitative estimate of drug-likeness (QED) is 0.799. The largest absolute Gasteiger partial charge is 0.489 e. The van der Waals surface area contributed by atoms with E-state index in [2.05, 4.69) is 18.3 Å². The van der Waals surface area contributed by atoms with Crippen LogP contribution in [0.25, 0.3) is 0 Å². The molecule has 108 valence electrons. The Kier molecular flexibility index (Phi) is 5.40. The Morgan fingerprint density at radius 3 is 2.85 bits per heavy atom. The summed E-state index contributed by atoms with van der Waals surface area (Å²) in [6, 6.07) is 9.59. The van der Waals surface area contributed by atoms with E-state index in [-0.39, 0.29) is 6.61 Å². The maximum absolute atomic E-state index is 9.93. The van der Waals surface area contributed by atoms with E-state index in [4.69, 9.17) is 10.00 Å². The standard InChI is InChI=1S/C16H22N2O2/c1-12(13-6-4-7-13)18-10-15(19)11-20-16-8-3-2-5-14(16)9-17/h2-3,5,8,12-13,15,18-19H,4,6-7,10-11H2,1H3. The number of aliphatic hydroxyl groups is 1. The molecule has 0 spiro atoms. The van der Waals surface area contributed by atoms with Crippen LogP contribution in [0.1, 0.15) is 31.7 Å². The van der Waals surface area contributed by atoms with Crippen molar-refractivity contribution in [3.63, 3.8) is 0 Å². The Morgan fingerprint density at radius 1 is 1.45 bits per heavy atom. The third-order valence-electron chi connectivity index (χ3n) is 3.97. The molecule has 4 heteroatoms. The highest BCUT2D eigenvalue weighted by Gasteiger charge is 2.23. The molecule has 0 radical (unpaired) electrons. The smallest absolute Gasteiger partial charge is 0.137 e. The Morgan fingerprint density at radius 2 is 2.20 bits per heavy atom. The summed E-state index contributed by atoms with van der Waals surface area (Å²) in [4.78, 5) is 0. The number of hydrogen-bond acceptors (Lipinski definition) is 4. The van der Waals surface area contributed by atoms with E-state index in [0.717, 1.165) is 5.92 Å². The van der Waals surface area contributed by atoms with Crippen LogP contribution in [0.15, 0.2) is 24.3 Å². The van der Waals surface area contributed by atoms with Crippen LogP contribution in [0.3, 0.4) is 0 Å². The van der Waals surface area contributed by atoms with E-state index >= 15 is 0 Å². The number of hydrogen-bond donors (Lipinski definition) is 2. The molecule has 1 aliphatic carbocycles. The third-order valence-corrected chi connectivity index (χ3v) is 3.97. The van der Waals surface area contributed by atoms with Gasteiger partial charge in [0.2, 0.25) is 0 Å². The number of nitrogens with zero attached hydrogens (tertiary/aromatic N) is 1. The molecule has 2 atom stereocenters. The van der Waals surface area contributed by atoms with E-state index in [1.807, 2.05) is 6.07 Å². The van der Waals surface area contributed by atoms with Crippen LogP contribution in [-0.2, 0) is 0 Å². The summed E-state index contributed by atoms with van der Waals surface area (Å²) in [5, 5.41) is 22.2. The predicted octanol–water partition coefficient (Wildman–Crippen LogP) is 2.08. The van der Waals surface area contributed by atoms with Crippen LogP contribution in [0.4, 0.5) is 0 Å². The van der Waals surface area contributed by atoms with Crippen LogP contribution < -0.4 is 10.1 Å². The van der Waals surface area contributed by atoms with Gasteiger partial charge in [-0.3, -0.25) is 0 Å². The van der Waals surface area contributed by atoms with Gasteiger partial charge in [0.25, 0.3) is 0 Å². The van der Waals surface area contributed by atoms with Gasteiger partial charge in [-0.05, 0) is 37.8 Å². The second kappa shape index (κ2) is 7.28. The molecule has 0 aromatic heterocycles. The zero-order chi connectivity index (χ0) is 14.4. The summed E-state index contributed by atoms with van der Waals surface area (Å²) in [5.41, 5.74) is 0.496. The first-order chi connectivity index (χ1) is 9.70. The van der Waals surface area contributed by atoms with Gasteiger partial charge in [0.1, 0.15) is 24.5 Å². The molecule has 0 amide bonds. The molecule has 1 aromatic carbocycles. The number of para-hydroxylation sites is 1. The summed E-state index contributed by atoms with van der Waals surface area (Å²) in [6.45, 7) is 2.89. The molecular weight excluding hydrogens is 252 g/mol. The fraction of sp³-hybridized carbons (Fsp3) is 0.562. The first-order valence-electron chi connectivity index (χ1n) is 7.24. The van der Waals surface area contributed by atoms with Gasteiger partial charge < -0.3 is 15.2 Å². The molecule has 1 aliphatic rings. The van der Waals surface area contributed by atoms with Gasteiger partial charge in [-0.15, -0.1) is 0 Å². The lowest BCUT2D eigenvalue weighted by Crippen LogP contribution is -2.42. The molecule has 0 heterocycles. The number of aliphatic hydroxyl groups excluding tert-OH is 1. The fourth-order valence-corrected chi connectivity index (χ4v) is 2.36. The molecule has 20 heavy (non-hydrogen) atoms. The molecule has 2 unspecified atom stereocenters. The van der Waals surface area contributed by atoms with Crippen LogP contribution in [-0.4, -0.2) is 30.4 Å². The van der Waals surface area contributed by atoms with Crippen molar-refractivity contribution in [3.8, 4) is 11.8 Å². The maximum Gasteiger partial charge on any atom is 0.137 e. The third kappa shape index (κ3) is 3.96. The predicted molar refractivity (Wildman–Crippen MR) is 77.5 cm³/mol. The molecule has 2 rings (SSSR count). The first-order valence-corrected chi connectivity index (χ1v) is 7.24. The highest BCUT2D eigenvalue weighted by atomic mass is 16.5. The molecule has 0 bridgehead atoms. The van der Waals surface area contributed by atoms with E-state index in [0.29, 0.717) is 23.9 Å². The highest BCUT2D eigenvalue weighted by Crippen LogP contribution is 2.29. The van der Waals surface area contributed by atoms with E-state index in [1.54, 1.807) is 18.2 Å². The molecule has 2 N–H and O–H groups in total. The van der Waals surface area contributed by atoms with Crippen molar-refractivity contribution < 1.29 is 9.84 Å². The fourth-order valence-electron chi connectivity index (χ4n) is 2.36. The minimum Gasteiger partial charge on any atom is -0.489 e. The summed E-state index contributed by atoms with van der Waals surface area (Å²) < 4.78 is 5.51. The van der Waals surface area contributed by atoms with Crippen molar-refractivity contribution in [2.45, 2.75) is 38.3 Å². The zero-order valence-electron chi connectivity index (χ0n) is 11.9. The lowest BCUT2D eigenvalue weighted by molar-refractivity contribution is 0.0980. The van der Waals surface area contributed by atoms with Crippen LogP contribution >= 0.6 is 0 Å². The molecule has 4 nitrogen and oxygen atoms in total. The van der Waals surface area contributed by atoms with Crippen molar-refractivity contribution in [3.05, 3.63) is 29.8 Å². The van der Waals surface area contributed by atoms with Gasteiger partial charge in [-0.25, -0.2) is 0 Å². The van der Waals surface area contributed by atoms with E-state index < -0.39 is 6.10 Å². The molecule has 0 aliphatic heterocycles. The second-order valence-corrected chi connectivity index (χ2v) is 5.46.